The molecule has 0 radical (unpaired) electrons. The maximum absolute atomic E-state index is 12.0. The molecule has 90 valence electrons. The van der Waals surface area contributed by atoms with E-state index in [0.29, 0.717) is 11.6 Å². The molecule has 1 aliphatic heterocycles. The van der Waals surface area contributed by atoms with E-state index in [9.17, 15) is 9.59 Å². The summed E-state index contributed by atoms with van der Waals surface area (Å²) in [5.41, 5.74) is 0.853. The lowest BCUT2D eigenvalue weighted by atomic mass is 10.1. The molecule has 1 aromatic heterocycles. The number of hydrogen-bond donors (Lipinski definition) is 1. The molecule has 0 unspecified atom stereocenters. The minimum Gasteiger partial charge on any atom is -0.480 e. The van der Waals surface area contributed by atoms with Gasteiger partial charge in [0.05, 0.1) is 12.3 Å². The summed E-state index contributed by atoms with van der Waals surface area (Å²) in [5, 5.41) is 8.98. The standard InChI is InChI=1S/C11H12N2O3S/c14-10(5-8-1-3-12-4-2-8)13-7-17-6-9(13)11(15)16/h1-4,9H,5-7H2,(H,15,16)/t9-/m0/s1. The van der Waals surface area contributed by atoms with Gasteiger partial charge in [-0.25, -0.2) is 4.79 Å². The third-order valence-corrected chi connectivity index (χ3v) is 3.60. The van der Waals surface area contributed by atoms with Crippen molar-refractivity contribution in [3.8, 4) is 0 Å². The average Bonchev–Trinajstić information content (AvgIpc) is 2.79. The van der Waals surface area contributed by atoms with Crippen LogP contribution in [0.25, 0.3) is 0 Å². The molecule has 0 spiro atoms. The van der Waals surface area contributed by atoms with Gasteiger partial charge in [0.15, 0.2) is 0 Å². The van der Waals surface area contributed by atoms with E-state index in [1.54, 1.807) is 24.5 Å². The Morgan fingerprint density at radius 2 is 2.18 bits per heavy atom. The maximum atomic E-state index is 12.0. The molecule has 1 atom stereocenters. The molecule has 17 heavy (non-hydrogen) atoms. The van der Waals surface area contributed by atoms with Crippen LogP contribution in [0.2, 0.25) is 0 Å². The monoisotopic (exact) mass is 252 g/mol. The number of carbonyl (C=O) groups excluding carboxylic acids is 1. The zero-order valence-corrected chi connectivity index (χ0v) is 9.89. The van der Waals surface area contributed by atoms with E-state index in [4.69, 9.17) is 5.11 Å². The number of aromatic nitrogens is 1. The van der Waals surface area contributed by atoms with Crippen molar-refractivity contribution in [3.63, 3.8) is 0 Å². The molecule has 1 amide bonds. The number of rotatable bonds is 3. The number of carboxylic acids is 1. The fraction of sp³-hybridized carbons (Fsp3) is 0.364. The largest absolute Gasteiger partial charge is 0.480 e. The van der Waals surface area contributed by atoms with Crippen molar-refractivity contribution in [2.45, 2.75) is 12.5 Å². The van der Waals surface area contributed by atoms with Crippen LogP contribution in [-0.2, 0) is 16.0 Å². The SMILES string of the molecule is O=C(O)[C@@H]1CSCN1C(=O)Cc1ccncc1. The van der Waals surface area contributed by atoms with Gasteiger partial charge in [-0.1, -0.05) is 0 Å². The number of carbonyl (C=O) groups is 2. The lowest BCUT2D eigenvalue weighted by molar-refractivity contribution is -0.147. The predicted molar refractivity (Wildman–Crippen MR) is 63.5 cm³/mol. The molecule has 2 heterocycles. The van der Waals surface area contributed by atoms with Gasteiger partial charge >= 0.3 is 5.97 Å². The lowest BCUT2D eigenvalue weighted by Gasteiger charge is -2.20. The highest BCUT2D eigenvalue weighted by atomic mass is 32.2. The third kappa shape index (κ3) is 2.76. The number of nitrogens with zero attached hydrogens (tertiary/aromatic N) is 2. The minimum absolute atomic E-state index is 0.145. The van der Waals surface area contributed by atoms with Gasteiger partial charge in [-0.2, -0.15) is 0 Å². The second kappa shape index (κ2) is 5.18. The summed E-state index contributed by atoms with van der Waals surface area (Å²) in [4.78, 5) is 28.2. The van der Waals surface area contributed by atoms with Crippen molar-refractivity contribution >= 4 is 23.6 Å². The summed E-state index contributed by atoms with van der Waals surface area (Å²) in [5.74, 6) is -0.148. The molecule has 1 N–H and O–H groups in total. The topological polar surface area (TPSA) is 70.5 Å². The predicted octanol–water partition coefficient (Wildman–Crippen LogP) is 0.610. The molecule has 0 aliphatic carbocycles. The highest BCUT2D eigenvalue weighted by molar-refractivity contribution is 7.99. The molecule has 1 fully saturated rings. The van der Waals surface area contributed by atoms with Crippen molar-refractivity contribution in [2.24, 2.45) is 0 Å². The molecule has 1 aromatic rings. The fourth-order valence-electron chi connectivity index (χ4n) is 1.67. The Hall–Kier alpha value is -1.56. The van der Waals surface area contributed by atoms with E-state index in [1.807, 2.05) is 0 Å². The van der Waals surface area contributed by atoms with Crippen LogP contribution in [0, 0.1) is 0 Å². The fourth-order valence-corrected chi connectivity index (χ4v) is 2.84. The van der Waals surface area contributed by atoms with Gasteiger partial charge in [0, 0.05) is 18.1 Å². The summed E-state index contributed by atoms with van der Waals surface area (Å²) < 4.78 is 0. The Bertz CT molecular complexity index is 424. The van der Waals surface area contributed by atoms with E-state index >= 15 is 0 Å². The highest BCUT2D eigenvalue weighted by Crippen LogP contribution is 2.21. The van der Waals surface area contributed by atoms with Crippen LogP contribution in [0.5, 0.6) is 0 Å². The van der Waals surface area contributed by atoms with Crippen LogP contribution in [0.4, 0.5) is 0 Å². The quantitative estimate of drug-likeness (QED) is 0.853. The molecule has 2 rings (SSSR count). The first-order valence-corrected chi connectivity index (χ1v) is 6.33. The lowest BCUT2D eigenvalue weighted by Crippen LogP contribution is -2.42. The van der Waals surface area contributed by atoms with E-state index in [0.717, 1.165) is 5.56 Å². The van der Waals surface area contributed by atoms with Crippen molar-refractivity contribution < 1.29 is 14.7 Å². The van der Waals surface area contributed by atoms with Gasteiger partial charge in [0.25, 0.3) is 0 Å². The number of carboxylic acid groups (broad SMARTS) is 1. The number of thioether (sulfide) groups is 1. The Morgan fingerprint density at radius 1 is 1.47 bits per heavy atom. The molecule has 0 bridgehead atoms. The van der Waals surface area contributed by atoms with E-state index in [2.05, 4.69) is 4.98 Å². The number of hydrogen-bond acceptors (Lipinski definition) is 4. The van der Waals surface area contributed by atoms with E-state index in [1.165, 1.54) is 16.7 Å². The minimum atomic E-state index is -0.932. The van der Waals surface area contributed by atoms with Gasteiger partial charge < -0.3 is 10.0 Å². The molecular weight excluding hydrogens is 240 g/mol. The molecule has 1 aliphatic rings. The van der Waals surface area contributed by atoms with Crippen molar-refractivity contribution in [2.75, 3.05) is 11.6 Å². The van der Waals surface area contributed by atoms with Crippen LogP contribution in [0.3, 0.4) is 0 Å². The third-order valence-electron chi connectivity index (χ3n) is 2.59. The first kappa shape index (κ1) is 11.9. The van der Waals surface area contributed by atoms with Gasteiger partial charge in [-0.15, -0.1) is 11.8 Å². The second-order valence-electron chi connectivity index (χ2n) is 3.75. The van der Waals surface area contributed by atoms with Crippen LogP contribution in [0.1, 0.15) is 5.56 Å². The summed E-state index contributed by atoms with van der Waals surface area (Å²) in [6.07, 6.45) is 3.47. The zero-order chi connectivity index (χ0) is 12.3. The zero-order valence-electron chi connectivity index (χ0n) is 9.07. The molecule has 1 saturated heterocycles. The summed E-state index contributed by atoms with van der Waals surface area (Å²) in [6.45, 7) is 0. The average molecular weight is 252 g/mol. The van der Waals surface area contributed by atoms with Crippen LogP contribution < -0.4 is 0 Å². The van der Waals surface area contributed by atoms with Crippen molar-refractivity contribution in [1.29, 1.82) is 0 Å². The number of amides is 1. The Balaban J connectivity index is 2.03. The summed E-state index contributed by atoms with van der Waals surface area (Å²) >= 11 is 1.47. The first-order chi connectivity index (χ1) is 8.18. The molecule has 0 saturated carbocycles. The Labute approximate surface area is 103 Å². The van der Waals surface area contributed by atoms with Crippen molar-refractivity contribution in [1.82, 2.24) is 9.88 Å². The van der Waals surface area contributed by atoms with E-state index < -0.39 is 12.0 Å². The molecule has 6 heteroatoms. The smallest absolute Gasteiger partial charge is 0.327 e. The second-order valence-corrected chi connectivity index (χ2v) is 4.75. The molecule has 0 aromatic carbocycles. The van der Waals surface area contributed by atoms with Crippen LogP contribution in [0.15, 0.2) is 24.5 Å². The number of pyridine rings is 1. The molecule has 5 nitrogen and oxygen atoms in total. The Kier molecular flexibility index (Phi) is 3.63. The van der Waals surface area contributed by atoms with Gasteiger partial charge in [-0.05, 0) is 17.7 Å². The van der Waals surface area contributed by atoms with Gasteiger partial charge in [0.2, 0.25) is 5.91 Å². The summed E-state index contributed by atoms with van der Waals surface area (Å²) in [7, 11) is 0. The maximum Gasteiger partial charge on any atom is 0.327 e. The van der Waals surface area contributed by atoms with Gasteiger partial charge in [-0.3, -0.25) is 9.78 Å². The van der Waals surface area contributed by atoms with Crippen LogP contribution >= 0.6 is 11.8 Å². The molecular formula is C11H12N2O3S. The van der Waals surface area contributed by atoms with E-state index in [-0.39, 0.29) is 12.3 Å². The normalized spacial score (nSPS) is 19.3. The first-order valence-electron chi connectivity index (χ1n) is 5.17. The summed E-state index contributed by atoms with van der Waals surface area (Å²) in [6, 6.07) is 2.84. The van der Waals surface area contributed by atoms with Crippen LogP contribution in [-0.4, -0.2) is 44.5 Å². The van der Waals surface area contributed by atoms with Gasteiger partial charge in [0.1, 0.15) is 6.04 Å². The van der Waals surface area contributed by atoms with Crippen molar-refractivity contribution in [3.05, 3.63) is 30.1 Å². The number of aliphatic carboxylic acids is 1. The Morgan fingerprint density at radius 3 is 2.82 bits per heavy atom. The highest BCUT2D eigenvalue weighted by Gasteiger charge is 2.34.